The average Bonchev–Trinajstić information content (AvgIpc) is 3.07. The van der Waals surface area contributed by atoms with Crippen LogP contribution in [0.5, 0.6) is 17.2 Å². The van der Waals surface area contributed by atoms with Gasteiger partial charge in [-0.25, -0.2) is 4.79 Å². The molecule has 0 saturated heterocycles. The number of hydrogen-bond acceptors (Lipinski definition) is 6. The first-order valence-corrected chi connectivity index (χ1v) is 10.1. The Balaban J connectivity index is 2.17. The summed E-state index contributed by atoms with van der Waals surface area (Å²) in [4.78, 5) is 27.8. The molecule has 0 radical (unpaired) electrons. The standard InChI is InChI=1S/C25H27NO6/c1-15(17-10-8-7-9-11-17)26-16(2)21(25(28)32-6)19(24(26)27)14-18-12-13-20(29-3)23(31-5)22(18)30-4/h7-15H,1-6H3. The molecule has 3 rings (SSSR count). The summed E-state index contributed by atoms with van der Waals surface area (Å²) in [5.41, 5.74) is 2.50. The van der Waals surface area contributed by atoms with Gasteiger partial charge in [0.2, 0.25) is 5.75 Å². The Bertz CT molecular complexity index is 1090. The maximum absolute atomic E-state index is 13.6. The molecular weight excluding hydrogens is 410 g/mol. The van der Waals surface area contributed by atoms with Crippen molar-refractivity contribution in [3.8, 4) is 17.2 Å². The highest BCUT2D eigenvalue weighted by Crippen LogP contribution is 2.43. The van der Waals surface area contributed by atoms with E-state index >= 15 is 0 Å². The van der Waals surface area contributed by atoms with Crippen LogP contribution in [0, 0.1) is 0 Å². The van der Waals surface area contributed by atoms with Gasteiger partial charge in [-0.1, -0.05) is 30.3 Å². The lowest BCUT2D eigenvalue weighted by atomic mass is 10.0. The lowest BCUT2D eigenvalue weighted by Crippen LogP contribution is -2.28. The minimum atomic E-state index is -0.579. The summed E-state index contributed by atoms with van der Waals surface area (Å²) in [6, 6.07) is 12.8. The summed E-state index contributed by atoms with van der Waals surface area (Å²) in [5.74, 6) is 0.400. The highest BCUT2D eigenvalue weighted by Gasteiger charge is 2.39. The highest BCUT2D eigenvalue weighted by molar-refractivity contribution is 6.16. The van der Waals surface area contributed by atoms with Crippen LogP contribution in [0.25, 0.3) is 6.08 Å². The third-order valence-electron chi connectivity index (χ3n) is 5.53. The van der Waals surface area contributed by atoms with Gasteiger partial charge in [0, 0.05) is 11.3 Å². The first kappa shape index (κ1) is 22.9. The maximum Gasteiger partial charge on any atom is 0.340 e. The molecule has 1 heterocycles. The molecule has 7 heteroatoms. The minimum Gasteiger partial charge on any atom is -0.493 e. The molecular formula is C25H27NO6. The monoisotopic (exact) mass is 437 g/mol. The summed E-state index contributed by atoms with van der Waals surface area (Å²) in [7, 11) is 5.83. The van der Waals surface area contributed by atoms with Gasteiger partial charge in [-0.05, 0) is 37.6 Å². The average molecular weight is 437 g/mol. The molecule has 0 N–H and O–H groups in total. The van der Waals surface area contributed by atoms with Crippen LogP contribution in [0.1, 0.15) is 31.0 Å². The van der Waals surface area contributed by atoms with E-state index in [4.69, 9.17) is 18.9 Å². The Morgan fingerprint density at radius 1 is 0.938 bits per heavy atom. The van der Waals surface area contributed by atoms with Gasteiger partial charge in [0.1, 0.15) is 0 Å². The topological polar surface area (TPSA) is 74.3 Å². The van der Waals surface area contributed by atoms with Crippen LogP contribution in [0.2, 0.25) is 0 Å². The Morgan fingerprint density at radius 2 is 1.59 bits per heavy atom. The number of benzene rings is 2. The van der Waals surface area contributed by atoms with Crippen LogP contribution >= 0.6 is 0 Å². The van der Waals surface area contributed by atoms with Crippen LogP contribution in [-0.2, 0) is 14.3 Å². The molecule has 1 atom stereocenters. The molecule has 7 nitrogen and oxygen atoms in total. The fraction of sp³-hybridized carbons (Fsp3) is 0.280. The van der Waals surface area contributed by atoms with Crippen LogP contribution in [0.4, 0.5) is 0 Å². The maximum atomic E-state index is 13.6. The van der Waals surface area contributed by atoms with Gasteiger partial charge < -0.3 is 23.8 Å². The van der Waals surface area contributed by atoms with Crippen molar-refractivity contribution in [2.24, 2.45) is 0 Å². The second-order valence-electron chi connectivity index (χ2n) is 7.20. The van der Waals surface area contributed by atoms with E-state index in [0.29, 0.717) is 28.5 Å². The Morgan fingerprint density at radius 3 is 2.16 bits per heavy atom. The van der Waals surface area contributed by atoms with E-state index in [0.717, 1.165) is 5.56 Å². The summed E-state index contributed by atoms with van der Waals surface area (Å²) in [6.07, 6.45) is 1.62. The number of amides is 1. The Kier molecular flexibility index (Phi) is 6.88. The normalized spacial score (nSPS) is 15.8. The van der Waals surface area contributed by atoms with Crippen molar-refractivity contribution >= 4 is 18.0 Å². The first-order valence-electron chi connectivity index (χ1n) is 10.1. The van der Waals surface area contributed by atoms with E-state index in [2.05, 4.69) is 0 Å². The van der Waals surface area contributed by atoms with E-state index in [1.54, 1.807) is 30.0 Å². The fourth-order valence-corrected chi connectivity index (χ4v) is 3.94. The number of nitrogens with zero attached hydrogens (tertiary/aromatic N) is 1. The number of carbonyl (C=O) groups is 2. The zero-order valence-corrected chi connectivity index (χ0v) is 19.1. The molecule has 2 aromatic rings. The molecule has 0 aromatic heterocycles. The van der Waals surface area contributed by atoms with Crippen molar-refractivity contribution in [2.75, 3.05) is 28.4 Å². The van der Waals surface area contributed by atoms with Crippen molar-refractivity contribution in [1.82, 2.24) is 4.90 Å². The van der Waals surface area contributed by atoms with Crippen LogP contribution in [0.3, 0.4) is 0 Å². The number of methoxy groups -OCH3 is 4. The number of rotatable bonds is 7. The molecule has 0 spiro atoms. The molecule has 2 aromatic carbocycles. The molecule has 0 aliphatic carbocycles. The number of esters is 1. The van der Waals surface area contributed by atoms with E-state index in [1.807, 2.05) is 37.3 Å². The molecule has 1 aliphatic rings. The van der Waals surface area contributed by atoms with Gasteiger partial charge in [0.05, 0.1) is 45.6 Å². The molecule has 0 saturated carbocycles. The van der Waals surface area contributed by atoms with Crippen LogP contribution in [-0.4, -0.2) is 45.2 Å². The second-order valence-corrected chi connectivity index (χ2v) is 7.20. The zero-order valence-electron chi connectivity index (χ0n) is 19.1. The quantitative estimate of drug-likeness (QED) is 0.479. The van der Waals surface area contributed by atoms with Crippen molar-refractivity contribution < 1.29 is 28.5 Å². The molecule has 0 bridgehead atoms. The molecule has 32 heavy (non-hydrogen) atoms. The summed E-state index contributed by atoms with van der Waals surface area (Å²) in [5, 5.41) is 0. The van der Waals surface area contributed by atoms with E-state index in [9.17, 15) is 9.59 Å². The Labute approximate surface area is 187 Å². The molecule has 1 amide bonds. The third kappa shape index (κ3) is 3.93. The number of hydrogen-bond donors (Lipinski definition) is 0. The smallest absolute Gasteiger partial charge is 0.340 e. The molecule has 0 fully saturated rings. The number of ether oxygens (including phenoxy) is 4. The molecule has 1 unspecified atom stereocenters. The SMILES string of the molecule is COC(=O)C1=C(C)N(C(C)c2ccccc2)C(=O)C1=Cc1ccc(OC)c(OC)c1OC. The van der Waals surface area contributed by atoms with E-state index in [1.165, 1.54) is 28.4 Å². The third-order valence-corrected chi connectivity index (χ3v) is 5.53. The zero-order chi connectivity index (χ0) is 23.4. The summed E-state index contributed by atoms with van der Waals surface area (Å²) in [6.45, 7) is 3.67. The van der Waals surface area contributed by atoms with E-state index in [-0.39, 0.29) is 23.1 Å². The number of carbonyl (C=O) groups excluding carboxylic acids is 2. The second kappa shape index (κ2) is 9.60. The highest BCUT2D eigenvalue weighted by atomic mass is 16.5. The Hall–Kier alpha value is -3.74. The summed E-state index contributed by atoms with van der Waals surface area (Å²) < 4.78 is 21.3. The van der Waals surface area contributed by atoms with Gasteiger partial charge in [-0.3, -0.25) is 4.79 Å². The van der Waals surface area contributed by atoms with Crippen molar-refractivity contribution in [3.05, 3.63) is 70.4 Å². The lowest BCUT2D eigenvalue weighted by molar-refractivity contribution is -0.136. The largest absolute Gasteiger partial charge is 0.493 e. The van der Waals surface area contributed by atoms with E-state index < -0.39 is 5.97 Å². The van der Waals surface area contributed by atoms with Gasteiger partial charge in [0.15, 0.2) is 11.5 Å². The predicted octanol–water partition coefficient (Wildman–Crippen LogP) is 4.15. The van der Waals surface area contributed by atoms with Crippen LogP contribution < -0.4 is 14.2 Å². The van der Waals surface area contributed by atoms with Crippen LogP contribution in [0.15, 0.2) is 59.3 Å². The lowest BCUT2D eigenvalue weighted by Gasteiger charge is -2.26. The first-order chi connectivity index (χ1) is 15.4. The van der Waals surface area contributed by atoms with Crippen molar-refractivity contribution in [1.29, 1.82) is 0 Å². The minimum absolute atomic E-state index is 0.220. The summed E-state index contributed by atoms with van der Waals surface area (Å²) >= 11 is 0. The predicted molar refractivity (Wildman–Crippen MR) is 120 cm³/mol. The van der Waals surface area contributed by atoms with Crippen molar-refractivity contribution in [3.63, 3.8) is 0 Å². The number of allylic oxidation sites excluding steroid dienone is 1. The molecule has 168 valence electrons. The fourth-order valence-electron chi connectivity index (χ4n) is 3.94. The molecule has 1 aliphatic heterocycles. The van der Waals surface area contributed by atoms with Gasteiger partial charge >= 0.3 is 5.97 Å². The van der Waals surface area contributed by atoms with Gasteiger partial charge in [-0.15, -0.1) is 0 Å². The van der Waals surface area contributed by atoms with Gasteiger partial charge in [0.25, 0.3) is 5.91 Å². The van der Waals surface area contributed by atoms with Gasteiger partial charge in [-0.2, -0.15) is 0 Å². The van der Waals surface area contributed by atoms with Crippen molar-refractivity contribution in [2.45, 2.75) is 19.9 Å².